The summed E-state index contributed by atoms with van der Waals surface area (Å²) in [5.74, 6) is 2.37. The molecule has 0 radical (unpaired) electrons. The van der Waals surface area contributed by atoms with Crippen molar-refractivity contribution in [2.75, 3.05) is 45.9 Å². The van der Waals surface area contributed by atoms with Crippen LogP contribution in [0, 0.1) is 0 Å². The van der Waals surface area contributed by atoms with Crippen LogP contribution in [0.1, 0.15) is 37.3 Å². The summed E-state index contributed by atoms with van der Waals surface area (Å²) in [6.07, 6.45) is 2.05. The molecule has 122 valence electrons. The molecule has 0 amide bonds. The lowest BCUT2D eigenvalue weighted by atomic mass is 9.93. The summed E-state index contributed by atoms with van der Waals surface area (Å²) in [7, 11) is 0. The van der Waals surface area contributed by atoms with Gasteiger partial charge in [-0.15, -0.1) is 0 Å². The standard InChI is InChI=1S/C18H28N2O2/c1-14(2)17-15(6-9-20-10-7-19-8-11-20)4-5-16-18(17)22-13-3-12-21-16/h4-5,14,19H,3,6-13H2,1-2H3. The molecular formula is C18H28N2O2. The second-order valence-electron chi connectivity index (χ2n) is 6.51. The molecule has 0 spiro atoms. The summed E-state index contributed by atoms with van der Waals surface area (Å²) in [6, 6.07) is 4.34. The van der Waals surface area contributed by atoms with E-state index in [2.05, 4.69) is 36.2 Å². The molecule has 1 N–H and O–H groups in total. The van der Waals surface area contributed by atoms with Crippen LogP contribution in [0.5, 0.6) is 11.5 Å². The van der Waals surface area contributed by atoms with E-state index in [4.69, 9.17) is 9.47 Å². The second kappa shape index (κ2) is 7.34. The van der Waals surface area contributed by atoms with Crippen LogP contribution < -0.4 is 14.8 Å². The highest BCUT2D eigenvalue weighted by Gasteiger charge is 2.21. The average Bonchev–Trinajstić information content (AvgIpc) is 2.78. The highest BCUT2D eigenvalue weighted by molar-refractivity contribution is 5.52. The number of nitrogens with one attached hydrogen (secondary N) is 1. The topological polar surface area (TPSA) is 33.7 Å². The van der Waals surface area contributed by atoms with Crippen LogP contribution in [0.2, 0.25) is 0 Å². The van der Waals surface area contributed by atoms with Gasteiger partial charge in [0.05, 0.1) is 13.2 Å². The van der Waals surface area contributed by atoms with Crippen molar-refractivity contribution < 1.29 is 9.47 Å². The zero-order valence-corrected chi connectivity index (χ0v) is 13.9. The third kappa shape index (κ3) is 3.55. The van der Waals surface area contributed by atoms with Gasteiger partial charge in [-0.1, -0.05) is 19.9 Å². The van der Waals surface area contributed by atoms with Crippen molar-refractivity contribution in [1.29, 1.82) is 0 Å². The van der Waals surface area contributed by atoms with Gasteiger partial charge in [0.15, 0.2) is 11.5 Å². The van der Waals surface area contributed by atoms with Crippen molar-refractivity contribution in [2.24, 2.45) is 0 Å². The fourth-order valence-electron chi connectivity index (χ4n) is 3.36. The molecule has 1 aromatic rings. The van der Waals surface area contributed by atoms with Gasteiger partial charge in [-0.3, -0.25) is 0 Å². The summed E-state index contributed by atoms with van der Waals surface area (Å²) in [6.45, 7) is 11.7. The van der Waals surface area contributed by atoms with Crippen LogP contribution >= 0.6 is 0 Å². The van der Waals surface area contributed by atoms with E-state index in [9.17, 15) is 0 Å². The maximum Gasteiger partial charge on any atom is 0.164 e. The molecule has 3 rings (SSSR count). The van der Waals surface area contributed by atoms with Gasteiger partial charge in [0.25, 0.3) is 0 Å². The summed E-state index contributed by atoms with van der Waals surface area (Å²) in [5, 5.41) is 3.41. The molecule has 1 fully saturated rings. The van der Waals surface area contributed by atoms with Crippen molar-refractivity contribution >= 4 is 0 Å². The van der Waals surface area contributed by atoms with E-state index in [1.54, 1.807) is 0 Å². The number of hydrogen-bond donors (Lipinski definition) is 1. The largest absolute Gasteiger partial charge is 0.490 e. The number of ether oxygens (including phenoxy) is 2. The molecule has 4 heteroatoms. The number of nitrogens with zero attached hydrogens (tertiary/aromatic N) is 1. The molecule has 4 nitrogen and oxygen atoms in total. The Balaban J connectivity index is 1.79. The lowest BCUT2D eigenvalue weighted by molar-refractivity contribution is 0.243. The molecule has 22 heavy (non-hydrogen) atoms. The molecule has 1 saturated heterocycles. The number of rotatable bonds is 4. The normalized spacial score (nSPS) is 19.2. The Morgan fingerprint density at radius 3 is 2.68 bits per heavy atom. The molecular weight excluding hydrogens is 276 g/mol. The first-order chi connectivity index (χ1) is 10.8. The minimum atomic E-state index is 0.453. The van der Waals surface area contributed by atoms with Gasteiger partial charge in [0, 0.05) is 44.7 Å². The smallest absolute Gasteiger partial charge is 0.164 e. The number of hydrogen-bond acceptors (Lipinski definition) is 4. The van der Waals surface area contributed by atoms with E-state index in [0.29, 0.717) is 5.92 Å². The first-order valence-corrected chi connectivity index (χ1v) is 8.60. The number of piperazine rings is 1. The highest BCUT2D eigenvalue weighted by atomic mass is 16.5. The van der Waals surface area contributed by atoms with E-state index in [1.807, 2.05) is 0 Å². The average molecular weight is 304 g/mol. The monoisotopic (exact) mass is 304 g/mol. The zero-order chi connectivity index (χ0) is 15.4. The van der Waals surface area contributed by atoms with Crippen LogP contribution in [0.3, 0.4) is 0 Å². The predicted octanol–water partition coefficient (Wildman–Crippen LogP) is 2.42. The lowest BCUT2D eigenvalue weighted by Crippen LogP contribution is -2.44. The van der Waals surface area contributed by atoms with Gasteiger partial charge in [0.2, 0.25) is 0 Å². The predicted molar refractivity (Wildman–Crippen MR) is 89.2 cm³/mol. The van der Waals surface area contributed by atoms with E-state index in [0.717, 1.165) is 70.3 Å². The third-order valence-electron chi connectivity index (χ3n) is 4.53. The Morgan fingerprint density at radius 1 is 1.14 bits per heavy atom. The van der Waals surface area contributed by atoms with Crippen LogP contribution in [-0.4, -0.2) is 50.8 Å². The molecule has 0 bridgehead atoms. The van der Waals surface area contributed by atoms with Crippen LogP contribution in [0.15, 0.2) is 12.1 Å². The highest BCUT2D eigenvalue weighted by Crippen LogP contribution is 2.39. The van der Waals surface area contributed by atoms with Gasteiger partial charge >= 0.3 is 0 Å². The van der Waals surface area contributed by atoms with Gasteiger partial charge < -0.3 is 19.7 Å². The minimum absolute atomic E-state index is 0.453. The van der Waals surface area contributed by atoms with Gasteiger partial charge in [-0.25, -0.2) is 0 Å². The molecule has 0 aliphatic carbocycles. The molecule has 2 aliphatic heterocycles. The Kier molecular flexibility index (Phi) is 5.21. The van der Waals surface area contributed by atoms with Crippen molar-refractivity contribution in [1.82, 2.24) is 10.2 Å². The van der Waals surface area contributed by atoms with Gasteiger partial charge in [-0.2, -0.15) is 0 Å². The van der Waals surface area contributed by atoms with Crippen molar-refractivity contribution in [3.63, 3.8) is 0 Å². The minimum Gasteiger partial charge on any atom is -0.490 e. The van der Waals surface area contributed by atoms with E-state index in [1.165, 1.54) is 11.1 Å². The lowest BCUT2D eigenvalue weighted by Gasteiger charge is -2.28. The summed E-state index contributed by atoms with van der Waals surface area (Å²) < 4.78 is 11.9. The van der Waals surface area contributed by atoms with Crippen LogP contribution in [0.4, 0.5) is 0 Å². The van der Waals surface area contributed by atoms with Crippen molar-refractivity contribution in [3.8, 4) is 11.5 Å². The van der Waals surface area contributed by atoms with Gasteiger partial charge in [-0.05, 0) is 24.0 Å². The Labute approximate surface area is 133 Å². The zero-order valence-electron chi connectivity index (χ0n) is 13.9. The Morgan fingerprint density at radius 2 is 1.91 bits per heavy atom. The molecule has 0 atom stereocenters. The summed E-state index contributed by atoms with van der Waals surface area (Å²) in [4.78, 5) is 2.55. The molecule has 2 heterocycles. The SMILES string of the molecule is CC(C)c1c(CCN2CCNCC2)ccc2c1OCCCO2. The van der Waals surface area contributed by atoms with Crippen molar-refractivity contribution in [3.05, 3.63) is 23.3 Å². The van der Waals surface area contributed by atoms with Crippen molar-refractivity contribution in [2.45, 2.75) is 32.6 Å². The molecule has 0 unspecified atom stereocenters. The van der Waals surface area contributed by atoms with E-state index < -0.39 is 0 Å². The Bertz CT molecular complexity index is 496. The van der Waals surface area contributed by atoms with Crippen LogP contribution in [0.25, 0.3) is 0 Å². The first kappa shape index (κ1) is 15.6. The van der Waals surface area contributed by atoms with Crippen LogP contribution in [-0.2, 0) is 6.42 Å². The number of benzene rings is 1. The molecule has 0 saturated carbocycles. The number of fused-ring (bicyclic) bond motifs is 1. The maximum absolute atomic E-state index is 6.02. The molecule has 2 aliphatic rings. The second-order valence-corrected chi connectivity index (χ2v) is 6.51. The summed E-state index contributed by atoms with van der Waals surface area (Å²) in [5.41, 5.74) is 2.76. The quantitative estimate of drug-likeness (QED) is 0.926. The fourth-order valence-corrected chi connectivity index (χ4v) is 3.36. The summed E-state index contributed by atoms with van der Waals surface area (Å²) >= 11 is 0. The van der Waals surface area contributed by atoms with E-state index >= 15 is 0 Å². The first-order valence-electron chi connectivity index (χ1n) is 8.60. The molecule has 0 aromatic heterocycles. The fraction of sp³-hybridized carbons (Fsp3) is 0.667. The third-order valence-corrected chi connectivity index (χ3v) is 4.53. The van der Waals surface area contributed by atoms with Gasteiger partial charge in [0.1, 0.15) is 0 Å². The molecule has 1 aromatic carbocycles. The van der Waals surface area contributed by atoms with E-state index in [-0.39, 0.29) is 0 Å². The maximum atomic E-state index is 6.02. The Hall–Kier alpha value is -1.26.